The largest absolute Gasteiger partial charge is 0.376 e. The van der Waals surface area contributed by atoms with Crippen LogP contribution in [-0.2, 0) is 20.9 Å². The summed E-state index contributed by atoms with van der Waals surface area (Å²) >= 11 is 0. The smallest absolute Gasteiger partial charge is 0.255 e. The van der Waals surface area contributed by atoms with E-state index in [2.05, 4.69) is 16.0 Å². The molecule has 29 heavy (non-hydrogen) atoms. The quantitative estimate of drug-likeness (QED) is 0.626. The fourth-order valence-electron chi connectivity index (χ4n) is 3.39. The minimum Gasteiger partial charge on any atom is -0.376 e. The average molecular weight is 400 g/mol. The maximum atomic E-state index is 12.8. The highest BCUT2D eigenvalue weighted by atomic mass is 16.2. The Bertz CT molecular complexity index is 862. The van der Waals surface area contributed by atoms with E-state index >= 15 is 0 Å². The van der Waals surface area contributed by atoms with Gasteiger partial charge in [-0.05, 0) is 43.9 Å². The number of piperidine rings is 1. The van der Waals surface area contributed by atoms with Crippen molar-refractivity contribution in [3.63, 3.8) is 0 Å². The molecule has 8 heteroatoms. The van der Waals surface area contributed by atoms with Crippen LogP contribution in [0.5, 0.6) is 0 Å². The van der Waals surface area contributed by atoms with Crippen LogP contribution >= 0.6 is 0 Å². The molecule has 156 valence electrons. The molecule has 3 rings (SSSR count). The highest BCUT2D eigenvalue weighted by molar-refractivity contribution is 6.05. The minimum atomic E-state index is -0.631. The fourth-order valence-corrected chi connectivity index (χ4v) is 3.39. The molecule has 1 unspecified atom stereocenters. The zero-order chi connectivity index (χ0) is 21.3. The number of carbonyl (C=O) groups excluding carboxylic acids is 4. The molecular formula is C21H28N4O4. The van der Waals surface area contributed by atoms with Crippen molar-refractivity contribution in [2.45, 2.75) is 58.7 Å². The Labute approximate surface area is 170 Å². The number of hydrogen-bond donors (Lipinski definition) is 3. The van der Waals surface area contributed by atoms with Gasteiger partial charge in [-0.1, -0.05) is 19.9 Å². The molecule has 2 heterocycles. The zero-order valence-corrected chi connectivity index (χ0v) is 17.3. The van der Waals surface area contributed by atoms with E-state index in [1.807, 2.05) is 39.8 Å². The summed E-state index contributed by atoms with van der Waals surface area (Å²) in [5.74, 6) is -0.794. The van der Waals surface area contributed by atoms with Crippen molar-refractivity contribution in [2.24, 2.45) is 5.92 Å². The molecule has 4 amide bonds. The van der Waals surface area contributed by atoms with E-state index in [1.54, 1.807) is 6.07 Å². The molecule has 1 aromatic carbocycles. The molecule has 0 aliphatic carbocycles. The third-order valence-electron chi connectivity index (χ3n) is 5.89. The lowest BCUT2D eigenvalue weighted by Crippen LogP contribution is -2.52. The van der Waals surface area contributed by atoms with Crippen molar-refractivity contribution >= 4 is 29.3 Å². The molecule has 1 aromatic rings. The molecule has 0 spiro atoms. The van der Waals surface area contributed by atoms with Gasteiger partial charge in [0.2, 0.25) is 17.7 Å². The number of amides is 4. The number of rotatable bonds is 6. The molecule has 1 saturated heterocycles. The topological polar surface area (TPSA) is 108 Å². The van der Waals surface area contributed by atoms with Crippen LogP contribution in [0.25, 0.3) is 0 Å². The first-order valence-electron chi connectivity index (χ1n) is 9.91. The first-order valence-corrected chi connectivity index (χ1v) is 9.91. The van der Waals surface area contributed by atoms with Gasteiger partial charge in [0.25, 0.3) is 5.91 Å². The Kier molecular flexibility index (Phi) is 5.64. The predicted octanol–water partition coefficient (Wildman–Crippen LogP) is 1.41. The molecule has 2 aliphatic heterocycles. The van der Waals surface area contributed by atoms with Gasteiger partial charge in [0, 0.05) is 29.8 Å². The van der Waals surface area contributed by atoms with Gasteiger partial charge in [-0.2, -0.15) is 0 Å². The van der Waals surface area contributed by atoms with Crippen molar-refractivity contribution in [1.29, 1.82) is 0 Å². The summed E-state index contributed by atoms with van der Waals surface area (Å²) in [5, 5.41) is 8.35. The van der Waals surface area contributed by atoms with E-state index in [9.17, 15) is 19.2 Å². The van der Waals surface area contributed by atoms with Gasteiger partial charge in [0.15, 0.2) is 0 Å². The van der Waals surface area contributed by atoms with Gasteiger partial charge >= 0.3 is 0 Å². The van der Waals surface area contributed by atoms with Gasteiger partial charge in [-0.15, -0.1) is 0 Å². The zero-order valence-electron chi connectivity index (χ0n) is 17.3. The Morgan fingerprint density at radius 1 is 1.28 bits per heavy atom. The monoisotopic (exact) mass is 400 g/mol. The number of imide groups is 1. The third kappa shape index (κ3) is 4.41. The van der Waals surface area contributed by atoms with Crippen molar-refractivity contribution in [3.05, 3.63) is 29.3 Å². The van der Waals surface area contributed by atoms with Crippen molar-refractivity contribution < 1.29 is 19.2 Å². The molecule has 0 saturated carbocycles. The normalized spacial score (nSPS) is 19.3. The Balaban J connectivity index is 1.64. The summed E-state index contributed by atoms with van der Waals surface area (Å²) in [4.78, 5) is 50.0. The molecular weight excluding hydrogens is 372 g/mol. The second-order valence-corrected chi connectivity index (χ2v) is 8.55. The predicted molar refractivity (Wildman–Crippen MR) is 108 cm³/mol. The summed E-state index contributed by atoms with van der Waals surface area (Å²) in [6.45, 7) is 8.49. The van der Waals surface area contributed by atoms with Crippen molar-refractivity contribution in [2.75, 3.05) is 11.9 Å². The molecule has 3 N–H and O–H groups in total. The summed E-state index contributed by atoms with van der Waals surface area (Å²) < 4.78 is 0. The standard InChI is InChI=1S/C21H28N4O4/c1-12(2)21(3,4)24-18(27)10-22-14-6-5-13-11-25(20(29)15(13)9-14)16-7-8-17(26)23-19(16)28/h5-6,9,12,16,22H,7-8,10-11H2,1-4H3,(H,24,27)(H,23,26,28). The molecule has 2 aliphatic rings. The second kappa shape index (κ2) is 7.85. The SMILES string of the molecule is CC(C)C(C)(C)NC(=O)CNc1ccc2c(c1)C(=O)N(C1CCC(=O)NC1=O)C2. The van der Waals surface area contributed by atoms with Crippen LogP contribution in [0, 0.1) is 5.92 Å². The number of hydrogen-bond acceptors (Lipinski definition) is 5. The van der Waals surface area contributed by atoms with Gasteiger partial charge < -0.3 is 15.5 Å². The third-order valence-corrected chi connectivity index (χ3v) is 5.89. The average Bonchev–Trinajstić information content (AvgIpc) is 2.96. The first-order chi connectivity index (χ1) is 13.6. The van der Waals surface area contributed by atoms with E-state index in [0.29, 0.717) is 30.1 Å². The summed E-state index contributed by atoms with van der Waals surface area (Å²) in [6.07, 6.45) is 0.562. The molecule has 0 aromatic heterocycles. The highest BCUT2D eigenvalue weighted by Crippen LogP contribution is 2.29. The van der Waals surface area contributed by atoms with Crippen LogP contribution in [0.1, 0.15) is 56.5 Å². The first kappa shape index (κ1) is 20.8. The van der Waals surface area contributed by atoms with E-state index in [0.717, 1.165) is 5.56 Å². The molecule has 8 nitrogen and oxygen atoms in total. The number of fused-ring (bicyclic) bond motifs is 1. The van der Waals surface area contributed by atoms with Crippen LogP contribution in [-0.4, -0.2) is 46.7 Å². The van der Waals surface area contributed by atoms with Gasteiger partial charge in [0.05, 0.1) is 6.54 Å². The van der Waals surface area contributed by atoms with Crippen molar-refractivity contribution in [1.82, 2.24) is 15.5 Å². The van der Waals surface area contributed by atoms with Gasteiger partial charge in [-0.3, -0.25) is 24.5 Å². The lowest BCUT2D eigenvalue weighted by atomic mass is 9.91. The van der Waals surface area contributed by atoms with Crippen LogP contribution in [0.3, 0.4) is 0 Å². The fraction of sp³-hybridized carbons (Fsp3) is 0.524. The molecule has 1 atom stereocenters. The molecule has 0 radical (unpaired) electrons. The summed E-state index contributed by atoms with van der Waals surface area (Å²) in [5.41, 5.74) is 1.70. The highest BCUT2D eigenvalue weighted by Gasteiger charge is 2.39. The van der Waals surface area contributed by atoms with Gasteiger partial charge in [-0.25, -0.2) is 0 Å². The van der Waals surface area contributed by atoms with Crippen LogP contribution in [0.4, 0.5) is 5.69 Å². The van der Waals surface area contributed by atoms with Crippen LogP contribution in [0.2, 0.25) is 0 Å². The Hall–Kier alpha value is -2.90. The Morgan fingerprint density at radius 3 is 2.66 bits per heavy atom. The van der Waals surface area contributed by atoms with Crippen LogP contribution in [0.15, 0.2) is 18.2 Å². The van der Waals surface area contributed by atoms with Gasteiger partial charge in [0.1, 0.15) is 6.04 Å². The number of anilines is 1. The maximum absolute atomic E-state index is 12.8. The molecule has 1 fully saturated rings. The second-order valence-electron chi connectivity index (χ2n) is 8.55. The van der Waals surface area contributed by atoms with E-state index in [1.165, 1.54) is 4.90 Å². The van der Waals surface area contributed by atoms with E-state index in [4.69, 9.17) is 0 Å². The number of benzene rings is 1. The van der Waals surface area contributed by atoms with E-state index in [-0.39, 0.29) is 36.2 Å². The number of carbonyl (C=O) groups is 4. The lowest BCUT2D eigenvalue weighted by molar-refractivity contribution is -0.137. The van der Waals surface area contributed by atoms with E-state index < -0.39 is 11.9 Å². The number of nitrogens with one attached hydrogen (secondary N) is 3. The number of nitrogens with zero attached hydrogens (tertiary/aromatic N) is 1. The lowest BCUT2D eigenvalue weighted by Gasteiger charge is -2.30. The summed E-state index contributed by atoms with van der Waals surface area (Å²) in [6, 6.07) is 4.73. The minimum absolute atomic E-state index is 0.0972. The molecule has 0 bridgehead atoms. The van der Waals surface area contributed by atoms with Crippen molar-refractivity contribution in [3.8, 4) is 0 Å². The summed E-state index contributed by atoms with van der Waals surface area (Å²) in [7, 11) is 0. The maximum Gasteiger partial charge on any atom is 0.255 e. The Morgan fingerprint density at radius 2 is 2.00 bits per heavy atom. The van der Waals surface area contributed by atoms with Crippen LogP contribution < -0.4 is 16.0 Å².